The van der Waals surface area contributed by atoms with Gasteiger partial charge in [0.1, 0.15) is 5.76 Å². The Hall–Kier alpha value is -0.790. The lowest BCUT2D eigenvalue weighted by molar-refractivity contribution is 0.326. The molecule has 0 N–H and O–H groups in total. The molecule has 1 heterocycles. The monoisotopic (exact) mass is 165 g/mol. The molecule has 2 nitrogen and oxygen atoms in total. The Bertz CT molecular complexity index is 278. The first kappa shape index (κ1) is 7.84. The Balaban J connectivity index is 2.23. The van der Waals surface area contributed by atoms with Gasteiger partial charge in [-0.1, -0.05) is 25.9 Å². The average Bonchev–Trinajstić information content (AvgIpc) is 2.66. The van der Waals surface area contributed by atoms with Crippen molar-refractivity contribution in [1.82, 2.24) is 5.16 Å². The van der Waals surface area contributed by atoms with E-state index in [9.17, 15) is 0 Å². The van der Waals surface area contributed by atoms with Crippen LogP contribution in [0.5, 0.6) is 0 Å². The fourth-order valence-electron chi connectivity index (χ4n) is 1.21. The maximum Gasteiger partial charge on any atom is 0.142 e. The molecule has 0 spiro atoms. The van der Waals surface area contributed by atoms with E-state index in [0.717, 1.165) is 11.5 Å². The molecule has 12 heavy (non-hydrogen) atoms. The molecule has 1 aliphatic carbocycles. The molecule has 1 aromatic heterocycles. The summed E-state index contributed by atoms with van der Waals surface area (Å²) in [4.78, 5) is 0. The minimum absolute atomic E-state index is 0.0974. The SMILES string of the molecule is CC(C)(C)c1cc(C2CC2)no1. The quantitative estimate of drug-likeness (QED) is 0.639. The Kier molecular flexibility index (Phi) is 1.53. The smallest absolute Gasteiger partial charge is 0.142 e. The summed E-state index contributed by atoms with van der Waals surface area (Å²) in [5, 5.41) is 4.07. The normalized spacial score (nSPS) is 18.2. The molecule has 2 heteroatoms. The highest BCUT2D eigenvalue weighted by atomic mass is 16.5. The van der Waals surface area contributed by atoms with Crippen molar-refractivity contribution in [3.05, 3.63) is 17.5 Å². The van der Waals surface area contributed by atoms with E-state index < -0.39 is 0 Å². The summed E-state index contributed by atoms with van der Waals surface area (Å²) in [6, 6.07) is 2.11. The number of rotatable bonds is 1. The van der Waals surface area contributed by atoms with Crippen LogP contribution in [0, 0.1) is 0 Å². The van der Waals surface area contributed by atoms with Crippen LogP contribution in [0.1, 0.15) is 51.0 Å². The van der Waals surface area contributed by atoms with Gasteiger partial charge < -0.3 is 4.52 Å². The van der Waals surface area contributed by atoms with Crippen molar-refractivity contribution in [2.75, 3.05) is 0 Å². The Labute approximate surface area is 72.9 Å². The van der Waals surface area contributed by atoms with Gasteiger partial charge in [0.05, 0.1) is 5.69 Å². The first-order valence-corrected chi connectivity index (χ1v) is 4.54. The molecule has 0 amide bonds. The van der Waals surface area contributed by atoms with E-state index in [2.05, 4.69) is 32.0 Å². The summed E-state index contributed by atoms with van der Waals surface area (Å²) in [7, 11) is 0. The first-order chi connectivity index (χ1) is 5.57. The second kappa shape index (κ2) is 2.35. The molecule has 0 saturated heterocycles. The van der Waals surface area contributed by atoms with Crippen LogP contribution in [0.3, 0.4) is 0 Å². The summed E-state index contributed by atoms with van der Waals surface area (Å²) < 4.78 is 5.28. The molecule has 1 saturated carbocycles. The fourth-order valence-corrected chi connectivity index (χ4v) is 1.21. The molecule has 1 aromatic rings. The van der Waals surface area contributed by atoms with Gasteiger partial charge in [-0.25, -0.2) is 0 Å². The Morgan fingerprint density at radius 3 is 2.50 bits per heavy atom. The van der Waals surface area contributed by atoms with Crippen molar-refractivity contribution in [2.45, 2.75) is 44.9 Å². The van der Waals surface area contributed by atoms with Crippen LogP contribution in [-0.2, 0) is 5.41 Å². The predicted octanol–water partition coefficient (Wildman–Crippen LogP) is 2.85. The minimum atomic E-state index is 0.0974. The third kappa shape index (κ3) is 1.38. The molecule has 2 rings (SSSR count). The second-order valence-electron chi connectivity index (χ2n) is 4.64. The molecule has 0 radical (unpaired) electrons. The van der Waals surface area contributed by atoms with Gasteiger partial charge in [0.25, 0.3) is 0 Å². The molecule has 0 atom stereocenters. The summed E-state index contributed by atoms with van der Waals surface area (Å²) in [6.07, 6.45) is 2.58. The van der Waals surface area contributed by atoms with Gasteiger partial charge in [-0.2, -0.15) is 0 Å². The molecular weight excluding hydrogens is 150 g/mol. The minimum Gasteiger partial charge on any atom is -0.361 e. The number of nitrogens with zero attached hydrogens (tertiary/aromatic N) is 1. The van der Waals surface area contributed by atoms with E-state index in [4.69, 9.17) is 4.52 Å². The maximum absolute atomic E-state index is 5.28. The molecular formula is C10H15NO. The van der Waals surface area contributed by atoms with Crippen LogP contribution in [0.2, 0.25) is 0 Å². The summed E-state index contributed by atoms with van der Waals surface area (Å²) in [5.41, 5.74) is 1.25. The van der Waals surface area contributed by atoms with Gasteiger partial charge in [0.15, 0.2) is 0 Å². The lowest BCUT2D eigenvalue weighted by Crippen LogP contribution is -2.09. The zero-order valence-electron chi connectivity index (χ0n) is 7.92. The van der Waals surface area contributed by atoms with E-state index >= 15 is 0 Å². The fraction of sp³-hybridized carbons (Fsp3) is 0.700. The van der Waals surface area contributed by atoms with E-state index in [0.29, 0.717) is 5.92 Å². The highest BCUT2D eigenvalue weighted by molar-refractivity contribution is 5.19. The number of aromatic nitrogens is 1. The van der Waals surface area contributed by atoms with Crippen LogP contribution >= 0.6 is 0 Å². The molecule has 0 aliphatic heterocycles. The maximum atomic E-state index is 5.28. The molecule has 66 valence electrons. The van der Waals surface area contributed by atoms with E-state index in [1.165, 1.54) is 12.8 Å². The van der Waals surface area contributed by atoms with Crippen LogP contribution in [0.25, 0.3) is 0 Å². The number of hydrogen-bond acceptors (Lipinski definition) is 2. The third-order valence-electron chi connectivity index (χ3n) is 2.26. The summed E-state index contributed by atoms with van der Waals surface area (Å²) in [5.74, 6) is 1.70. The van der Waals surface area contributed by atoms with Gasteiger partial charge in [0.2, 0.25) is 0 Å². The zero-order chi connectivity index (χ0) is 8.77. The topological polar surface area (TPSA) is 26.0 Å². The second-order valence-corrected chi connectivity index (χ2v) is 4.64. The largest absolute Gasteiger partial charge is 0.361 e. The number of hydrogen-bond donors (Lipinski definition) is 0. The molecule has 1 fully saturated rings. The van der Waals surface area contributed by atoms with Crippen molar-refractivity contribution in [3.63, 3.8) is 0 Å². The lowest BCUT2D eigenvalue weighted by atomic mass is 9.93. The van der Waals surface area contributed by atoms with Crippen molar-refractivity contribution < 1.29 is 4.52 Å². The van der Waals surface area contributed by atoms with Crippen molar-refractivity contribution in [1.29, 1.82) is 0 Å². The van der Waals surface area contributed by atoms with Gasteiger partial charge in [-0.05, 0) is 12.8 Å². The molecule has 0 aromatic carbocycles. The Morgan fingerprint density at radius 2 is 2.08 bits per heavy atom. The summed E-state index contributed by atoms with van der Waals surface area (Å²) in [6.45, 7) is 6.43. The van der Waals surface area contributed by atoms with E-state index in [1.807, 2.05) is 0 Å². The Morgan fingerprint density at radius 1 is 1.42 bits per heavy atom. The van der Waals surface area contributed by atoms with Gasteiger partial charge >= 0.3 is 0 Å². The highest BCUT2D eigenvalue weighted by Crippen LogP contribution is 2.40. The zero-order valence-corrected chi connectivity index (χ0v) is 7.92. The molecule has 0 bridgehead atoms. The first-order valence-electron chi connectivity index (χ1n) is 4.54. The standard InChI is InChI=1S/C10H15NO/c1-10(2,3)9-6-8(11-12-9)7-4-5-7/h6-7H,4-5H2,1-3H3. The van der Waals surface area contributed by atoms with Crippen LogP contribution in [0.4, 0.5) is 0 Å². The van der Waals surface area contributed by atoms with Crippen LogP contribution in [0.15, 0.2) is 10.6 Å². The highest BCUT2D eigenvalue weighted by Gasteiger charge is 2.29. The van der Waals surface area contributed by atoms with Crippen molar-refractivity contribution >= 4 is 0 Å². The van der Waals surface area contributed by atoms with Crippen molar-refractivity contribution in [3.8, 4) is 0 Å². The summed E-state index contributed by atoms with van der Waals surface area (Å²) >= 11 is 0. The van der Waals surface area contributed by atoms with Gasteiger partial charge in [-0.3, -0.25) is 0 Å². The van der Waals surface area contributed by atoms with Crippen LogP contribution < -0.4 is 0 Å². The predicted molar refractivity (Wildman–Crippen MR) is 47.2 cm³/mol. The van der Waals surface area contributed by atoms with E-state index in [1.54, 1.807) is 0 Å². The van der Waals surface area contributed by atoms with E-state index in [-0.39, 0.29) is 5.41 Å². The van der Waals surface area contributed by atoms with Gasteiger partial charge in [-0.15, -0.1) is 0 Å². The van der Waals surface area contributed by atoms with Gasteiger partial charge in [0, 0.05) is 17.4 Å². The molecule has 1 aliphatic rings. The molecule has 0 unspecified atom stereocenters. The third-order valence-corrected chi connectivity index (χ3v) is 2.26. The van der Waals surface area contributed by atoms with Crippen LogP contribution in [-0.4, -0.2) is 5.16 Å². The van der Waals surface area contributed by atoms with Crippen molar-refractivity contribution in [2.24, 2.45) is 0 Å². The average molecular weight is 165 g/mol. The lowest BCUT2D eigenvalue weighted by Gasteiger charge is -2.12.